The maximum absolute atomic E-state index is 13.5. The van der Waals surface area contributed by atoms with Crippen molar-refractivity contribution in [2.75, 3.05) is 4.72 Å². The third-order valence-corrected chi connectivity index (χ3v) is 4.29. The predicted octanol–water partition coefficient (Wildman–Crippen LogP) is 3.33. The summed E-state index contributed by atoms with van der Waals surface area (Å²) >= 11 is 5.58. The van der Waals surface area contributed by atoms with E-state index in [1.807, 2.05) is 0 Å². The number of rotatable bonds is 4. The molecule has 116 valence electrons. The number of nitro groups is 1. The van der Waals surface area contributed by atoms with Crippen LogP contribution in [0.5, 0.6) is 0 Å². The number of benzene rings is 2. The van der Waals surface area contributed by atoms with Crippen molar-refractivity contribution in [2.24, 2.45) is 0 Å². The average Bonchev–Trinajstić information content (AvgIpc) is 2.43. The van der Waals surface area contributed by atoms with Gasteiger partial charge in [0.25, 0.3) is 15.7 Å². The number of nitrogens with one attached hydrogen (secondary N) is 1. The van der Waals surface area contributed by atoms with Crippen molar-refractivity contribution in [1.82, 2.24) is 0 Å². The highest BCUT2D eigenvalue weighted by Gasteiger charge is 2.23. The first-order valence-electron chi connectivity index (χ1n) is 5.63. The molecule has 0 saturated heterocycles. The van der Waals surface area contributed by atoms with Crippen molar-refractivity contribution in [1.29, 1.82) is 0 Å². The summed E-state index contributed by atoms with van der Waals surface area (Å²) in [6.07, 6.45) is 0. The monoisotopic (exact) mass is 348 g/mol. The molecule has 0 fully saturated rings. The summed E-state index contributed by atoms with van der Waals surface area (Å²) in [5.41, 5.74) is -1.52. The van der Waals surface area contributed by atoms with Gasteiger partial charge >= 0.3 is 0 Å². The number of hydrogen-bond acceptors (Lipinski definition) is 4. The van der Waals surface area contributed by atoms with Crippen LogP contribution in [0.25, 0.3) is 0 Å². The number of nitro benzene ring substituents is 1. The molecule has 0 aromatic heterocycles. The lowest BCUT2D eigenvalue weighted by Gasteiger charge is -2.10. The summed E-state index contributed by atoms with van der Waals surface area (Å²) in [7, 11) is -4.42. The molecule has 6 nitrogen and oxygen atoms in total. The van der Waals surface area contributed by atoms with Gasteiger partial charge in [-0.05, 0) is 24.3 Å². The molecule has 2 aromatic rings. The van der Waals surface area contributed by atoms with Crippen molar-refractivity contribution < 1.29 is 22.1 Å². The van der Waals surface area contributed by atoms with E-state index in [2.05, 4.69) is 0 Å². The fraction of sp³-hybridized carbons (Fsp3) is 0. The van der Waals surface area contributed by atoms with Gasteiger partial charge in [-0.25, -0.2) is 17.2 Å². The number of nitrogens with zero attached hydrogens (tertiary/aromatic N) is 1. The van der Waals surface area contributed by atoms with Crippen molar-refractivity contribution in [3.63, 3.8) is 0 Å². The van der Waals surface area contributed by atoms with E-state index in [9.17, 15) is 27.3 Å². The molecule has 0 radical (unpaired) electrons. The van der Waals surface area contributed by atoms with Gasteiger partial charge in [-0.15, -0.1) is 0 Å². The number of anilines is 1. The minimum atomic E-state index is -4.42. The van der Waals surface area contributed by atoms with Crippen molar-refractivity contribution >= 4 is 33.0 Å². The molecular weight excluding hydrogens is 342 g/mol. The van der Waals surface area contributed by atoms with Gasteiger partial charge in [-0.2, -0.15) is 0 Å². The minimum Gasteiger partial charge on any atom is -0.274 e. The van der Waals surface area contributed by atoms with Crippen LogP contribution < -0.4 is 4.72 Å². The van der Waals surface area contributed by atoms with E-state index in [0.29, 0.717) is 6.07 Å². The fourth-order valence-corrected chi connectivity index (χ4v) is 2.87. The lowest BCUT2D eigenvalue weighted by atomic mass is 10.3. The molecule has 0 heterocycles. The number of halogens is 3. The Morgan fingerprint density at radius 3 is 2.27 bits per heavy atom. The Hall–Kier alpha value is -2.26. The van der Waals surface area contributed by atoms with Gasteiger partial charge in [0, 0.05) is 6.07 Å². The standard InChI is InChI=1S/C12H7ClF2N2O4S/c13-8-5-4-7(6-11(8)17(18)19)22(20,21)16-12-9(14)2-1-3-10(12)15/h1-6,16H. The van der Waals surface area contributed by atoms with Crippen LogP contribution in [0.15, 0.2) is 41.3 Å². The second kappa shape index (κ2) is 5.85. The maximum atomic E-state index is 13.5. The number of hydrogen-bond donors (Lipinski definition) is 1. The fourth-order valence-electron chi connectivity index (χ4n) is 1.59. The summed E-state index contributed by atoms with van der Waals surface area (Å²) in [5, 5.41) is 10.5. The largest absolute Gasteiger partial charge is 0.289 e. The van der Waals surface area contributed by atoms with Gasteiger partial charge < -0.3 is 0 Å². The third-order valence-electron chi connectivity index (χ3n) is 2.62. The minimum absolute atomic E-state index is 0.263. The van der Waals surface area contributed by atoms with Crippen molar-refractivity contribution in [3.8, 4) is 0 Å². The van der Waals surface area contributed by atoms with Gasteiger partial charge in [-0.3, -0.25) is 14.8 Å². The first-order chi connectivity index (χ1) is 10.2. The Labute approximate surface area is 128 Å². The first kappa shape index (κ1) is 16.1. The summed E-state index contributed by atoms with van der Waals surface area (Å²) < 4.78 is 52.8. The highest BCUT2D eigenvalue weighted by molar-refractivity contribution is 7.92. The molecule has 1 N–H and O–H groups in total. The molecule has 10 heteroatoms. The van der Waals surface area contributed by atoms with Gasteiger partial charge in [0.1, 0.15) is 22.3 Å². The number of para-hydroxylation sites is 1. The second-order valence-electron chi connectivity index (χ2n) is 4.07. The molecule has 0 saturated carbocycles. The molecule has 0 spiro atoms. The Kier molecular flexibility index (Phi) is 4.29. The van der Waals surface area contributed by atoms with Gasteiger partial charge in [0.2, 0.25) is 0 Å². The van der Waals surface area contributed by atoms with E-state index in [-0.39, 0.29) is 5.02 Å². The van der Waals surface area contributed by atoms with Crippen LogP contribution in [0.3, 0.4) is 0 Å². The maximum Gasteiger partial charge on any atom is 0.289 e. The van der Waals surface area contributed by atoms with Crippen LogP contribution in [-0.4, -0.2) is 13.3 Å². The normalized spacial score (nSPS) is 11.2. The molecule has 0 aliphatic rings. The average molecular weight is 349 g/mol. The Morgan fingerprint density at radius 2 is 1.73 bits per heavy atom. The van der Waals surface area contributed by atoms with E-state index in [4.69, 9.17) is 11.6 Å². The molecule has 0 amide bonds. The lowest BCUT2D eigenvalue weighted by Crippen LogP contribution is -2.15. The zero-order valence-electron chi connectivity index (χ0n) is 10.6. The van der Waals surface area contributed by atoms with Crippen molar-refractivity contribution in [3.05, 3.63) is 63.2 Å². The molecule has 0 aliphatic carbocycles. The first-order valence-corrected chi connectivity index (χ1v) is 7.49. The summed E-state index contributed by atoms with van der Waals surface area (Å²) in [6.45, 7) is 0. The van der Waals surface area contributed by atoms with Crippen LogP contribution in [0.1, 0.15) is 0 Å². The van der Waals surface area contributed by atoms with Crippen molar-refractivity contribution in [2.45, 2.75) is 4.90 Å². The SMILES string of the molecule is O=[N+]([O-])c1cc(S(=O)(=O)Nc2c(F)cccc2F)ccc1Cl. The summed E-state index contributed by atoms with van der Waals surface area (Å²) in [6, 6.07) is 5.48. The molecule has 0 aliphatic heterocycles. The zero-order valence-corrected chi connectivity index (χ0v) is 12.2. The van der Waals surface area contributed by atoms with E-state index in [1.54, 1.807) is 4.72 Å². The summed E-state index contributed by atoms with van der Waals surface area (Å²) in [4.78, 5) is 9.33. The van der Waals surface area contributed by atoms with Crippen LogP contribution in [-0.2, 0) is 10.0 Å². The van der Waals surface area contributed by atoms with Gasteiger partial charge in [-0.1, -0.05) is 17.7 Å². The highest BCUT2D eigenvalue weighted by Crippen LogP contribution is 2.29. The Balaban J connectivity index is 2.48. The smallest absolute Gasteiger partial charge is 0.274 e. The molecule has 2 aromatic carbocycles. The van der Waals surface area contributed by atoms with Crippen LogP contribution in [0.4, 0.5) is 20.2 Å². The highest BCUT2D eigenvalue weighted by atomic mass is 35.5. The predicted molar refractivity (Wildman–Crippen MR) is 75.3 cm³/mol. The Morgan fingerprint density at radius 1 is 1.14 bits per heavy atom. The molecule has 22 heavy (non-hydrogen) atoms. The Bertz CT molecular complexity index is 838. The molecule has 0 unspecified atom stereocenters. The molecule has 2 rings (SSSR count). The van der Waals surface area contributed by atoms with E-state index in [1.165, 1.54) is 0 Å². The quantitative estimate of drug-likeness (QED) is 0.678. The van der Waals surface area contributed by atoms with E-state index >= 15 is 0 Å². The third kappa shape index (κ3) is 3.15. The molecule has 0 bridgehead atoms. The van der Waals surface area contributed by atoms with Crippen LogP contribution >= 0.6 is 11.6 Å². The van der Waals surface area contributed by atoms with Crippen LogP contribution in [0.2, 0.25) is 5.02 Å². The molecular formula is C12H7ClF2N2O4S. The topological polar surface area (TPSA) is 89.3 Å². The van der Waals surface area contributed by atoms with E-state index < -0.39 is 42.9 Å². The van der Waals surface area contributed by atoms with Gasteiger partial charge in [0.05, 0.1) is 9.82 Å². The van der Waals surface area contributed by atoms with Crippen LogP contribution in [0, 0.1) is 21.7 Å². The zero-order chi connectivity index (χ0) is 16.5. The van der Waals surface area contributed by atoms with Gasteiger partial charge in [0.15, 0.2) is 0 Å². The van der Waals surface area contributed by atoms with E-state index in [0.717, 1.165) is 30.3 Å². The lowest BCUT2D eigenvalue weighted by molar-refractivity contribution is -0.384. The second-order valence-corrected chi connectivity index (χ2v) is 6.16. The summed E-state index contributed by atoms with van der Waals surface area (Å²) in [5.74, 6) is -2.24. The number of sulfonamides is 1. The molecule has 0 atom stereocenters.